The van der Waals surface area contributed by atoms with Crippen LogP contribution in [-0.4, -0.2) is 39.3 Å². The van der Waals surface area contributed by atoms with Crippen LogP contribution in [0.1, 0.15) is 10.4 Å². The van der Waals surface area contributed by atoms with Crippen LogP contribution < -0.4 is 15.4 Å². The maximum atomic E-state index is 11.4. The molecule has 2 N–H and O–H groups in total. The first-order valence-corrected chi connectivity index (χ1v) is 5.51. The largest absolute Gasteiger partial charge is 0.489 e. The third-order valence-corrected chi connectivity index (χ3v) is 2.65. The summed E-state index contributed by atoms with van der Waals surface area (Å²) in [6, 6.07) is 5.44. The normalized spacial score (nSPS) is 17.6. The van der Waals surface area contributed by atoms with E-state index in [4.69, 9.17) is 4.74 Å². The van der Waals surface area contributed by atoms with Crippen LogP contribution in [0.3, 0.4) is 0 Å². The molecule has 0 amide bonds. The molecule has 1 aromatic rings. The lowest BCUT2D eigenvalue weighted by atomic mass is 10.1. The van der Waals surface area contributed by atoms with Crippen LogP contribution in [0, 0.1) is 0 Å². The van der Waals surface area contributed by atoms with Crippen molar-refractivity contribution in [2.24, 2.45) is 0 Å². The Kier molecular flexibility index (Phi) is 3.49. The fraction of sp³-hybridized carbons (Fsp3) is 0.417. The van der Waals surface area contributed by atoms with Gasteiger partial charge in [0.15, 0.2) is 0 Å². The monoisotopic (exact) mass is 236 g/mol. The van der Waals surface area contributed by atoms with Gasteiger partial charge in [-0.1, -0.05) is 0 Å². The smallest absolute Gasteiger partial charge is 0.337 e. The molecule has 1 heterocycles. The summed E-state index contributed by atoms with van der Waals surface area (Å²) in [5.41, 5.74) is 1.35. The molecule has 1 aromatic carbocycles. The Morgan fingerprint density at radius 2 is 2.47 bits per heavy atom. The molecule has 1 aliphatic rings. The molecule has 1 unspecified atom stereocenters. The van der Waals surface area contributed by atoms with Crippen LogP contribution in [0.15, 0.2) is 18.2 Å². The van der Waals surface area contributed by atoms with E-state index in [9.17, 15) is 4.79 Å². The maximum Gasteiger partial charge on any atom is 0.337 e. The molecule has 0 saturated carbocycles. The number of rotatable bonds is 3. The molecule has 17 heavy (non-hydrogen) atoms. The Balaban J connectivity index is 2.20. The molecule has 0 radical (unpaired) electrons. The molecule has 0 fully saturated rings. The van der Waals surface area contributed by atoms with Crippen molar-refractivity contribution in [2.45, 2.75) is 6.04 Å². The quantitative estimate of drug-likeness (QED) is 0.762. The van der Waals surface area contributed by atoms with Crippen molar-refractivity contribution in [3.05, 3.63) is 23.8 Å². The van der Waals surface area contributed by atoms with Crippen LogP contribution in [0.4, 0.5) is 5.69 Å². The van der Waals surface area contributed by atoms with Gasteiger partial charge in [-0.05, 0) is 25.2 Å². The minimum atomic E-state index is -0.342. The van der Waals surface area contributed by atoms with E-state index < -0.39 is 0 Å². The Morgan fingerprint density at radius 1 is 1.65 bits per heavy atom. The minimum Gasteiger partial charge on any atom is -0.489 e. The van der Waals surface area contributed by atoms with E-state index >= 15 is 0 Å². The molecule has 0 aromatic heterocycles. The van der Waals surface area contributed by atoms with E-state index in [1.54, 1.807) is 18.2 Å². The van der Waals surface area contributed by atoms with Gasteiger partial charge in [-0.25, -0.2) is 4.79 Å². The standard InChI is InChI=1S/C12H16N2O3/c1-13-6-9-7-17-11-4-3-8(12(15)16-2)5-10(11)14-9/h3-5,9,13-14H,6-7H2,1-2H3. The van der Waals surface area contributed by atoms with Gasteiger partial charge in [0.25, 0.3) is 0 Å². The second-order valence-electron chi connectivity index (χ2n) is 3.91. The first-order chi connectivity index (χ1) is 8.24. The predicted molar refractivity (Wildman–Crippen MR) is 64.6 cm³/mol. The molecule has 2 rings (SSSR count). The fourth-order valence-corrected chi connectivity index (χ4v) is 1.82. The van der Waals surface area contributed by atoms with Crippen LogP contribution in [0.25, 0.3) is 0 Å². The molecule has 92 valence electrons. The summed E-state index contributed by atoms with van der Waals surface area (Å²) in [7, 11) is 3.26. The number of hydrogen-bond donors (Lipinski definition) is 2. The molecule has 0 saturated heterocycles. The van der Waals surface area contributed by atoms with Crippen molar-refractivity contribution in [3.63, 3.8) is 0 Å². The fourth-order valence-electron chi connectivity index (χ4n) is 1.82. The van der Waals surface area contributed by atoms with E-state index in [2.05, 4.69) is 15.4 Å². The lowest BCUT2D eigenvalue weighted by Crippen LogP contribution is -2.39. The summed E-state index contributed by atoms with van der Waals surface area (Å²) in [5, 5.41) is 6.40. The summed E-state index contributed by atoms with van der Waals surface area (Å²) in [6.07, 6.45) is 0. The highest BCUT2D eigenvalue weighted by Crippen LogP contribution is 2.29. The summed E-state index contributed by atoms with van der Waals surface area (Å²) in [6.45, 7) is 1.42. The van der Waals surface area contributed by atoms with Crippen LogP contribution >= 0.6 is 0 Å². The molecular weight excluding hydrogens is 220 g/mol. The van der Waals surface area contributed by atoms with E-state index in [0.717, 1.165) is 18.0 Å². The Morgan fingerprint density at radius 3 is 3.18 bits per heavy atom. The zero-order chi connectivity index (χ0) is 12.3. The predicted octanol–water partition coefficient (Wildman–Crippen LogP) is 0.865. The summed E-state index contributed by atoms with van der Waals surface area (Å²) >= 11 is 0. The Bertz CT molecular complexity index is 420. The number of carbonyl (C=O) groups excluding carboxylic acids is 1. The van der Waals surface area contributed by atoms with Gasteiger partial charge in [0.2, 0.25) is 0 Å². The number of esters is 1. The average Bonchev–Trinajstić information content (AvgIpc) is 2.37. The van der Waals surface area contributed by atoms with Gasteiger partial charge in [0, 0.05) is 6.54 Å². The van der Waals surface area contributed by atoms with Crippen molar-refractivity contribution in [2.75, 3.05) is 32.6 Å². The topological polar surface area (TPSA) is 59.6 Å². The van der Waals surface area contributed by atoms with Crippen molar-refractivity contribution in [1.82, 2.24) is 5.32 Å². The first-order valence-electron chi connectivity index (χ1n) is 5.51. The van der Waals surface area contributed by atoms with Crippen molar-refractivity contribution in [3.8, 4) is 5.75 Å². The second kappa shape index (κ2) is 5.05. The second-order valence-corrected chi connectivity index (χ2v) is 3.91. The van der Waals surface area contributed by atoms with Gasteiger partial charge < -0.3 is 20.1 Å². The van der Waals surface area contributed by atoms with E-state index in [1.165, 1.54) is 7.11 Å². The lowest BCUT2D eigenvalue weighted by Gasteiger charge is -2.27. The zero-order valence-electron chi connectivity index (χ0n) is 9.95. The van der Waals surface area contributed by atoms with E-state index in [1.807, 2.05) is 7.05 Å². The molecule has 5 heteroatoms. The van der Waals surface area contributed by atoms with Gasteiger partial charge in [0.05, 0.1) is 24.4 Å². The van der Waals surface area contributed by atoms with Crippen molar-refractivity contribution < 1.29 is 14.3 Å². The number of methoxy groups -OCH3 is 1. The van der Waals surface area contributed by atoms with Crippen molar-refractivity contribution >= 4 is 11.7 Å². The van der Waals surface area contributed by atoms with Crippen LogP contribution in [-0.2, 0) is 4.74 Å². The van der Waals surface area contributed by atoms with E-state index in [-0.39, 0.29) is 12.0 Å². The molecule has 1 atom stereocenters. The average molecular weight is 236 g/mol. The highest BCUT2D eigenvalue weighted by molar-refractivity contribution is 5.91. The van der Waals surface area contributed by atoms with Crippen molar-refractivity contribution in [1.29, 1.82) is 0 Å². The summed E-state index contributed by atoms with van der Waals surface area (Å²) in [4.78, 5) is 11.4. The highest BCUT2D eigenvalue weighted by atomic mass is 16.5. The number of likely N-dealkylation sites (N-methyl/N-ethyl adjacent to an activating group) is 1. The highest BCUT2D eigenvalue weighted by Gasteiger charge is 2.19. The Hall–Kier alpha value is -1.75. The molecule has 0 spiro atoms. The molecule has 0 aliphatic carbocycles. The third-order valence-electron chi connectivity index (χ3n) is 2.65. The van der Waals surface area contributed by atoms with E-state index in [0.29, 0.717) is 12.2 Å². The minimum absolute atomic E-state index is 0.209. The van der Waals surface area contributed by atoms with Crippen LogP contribution in [0.5, 0.6) is 5.75 Å². The third kappa shape index (κ3) is 2.50. The Labute approximate surface area is 100 Å². The number of fused-ring (bicyclic) bond motifs is 1. The number of benzene rings is 1. The zero-order valence-corrected chi connectivity index (χ0v) is 9.95. The molecular formula is C12H16N2O3. The lowest BCUT2D eigenvalue weighted by molar-refractivity contribution is 0.0600. The number of hydrogen-bond acceptors (Lipinski definition) is 5. The van der Waals surface area contributed by atoms with Gasteiger partial charge >= 0.3 is 5.97 Å². The molecule has 5 nitrogen and oxygen atoms in total. The number of anilines is 1. The van der Waals surface area contributed by atoms with Gasteiger partial charge in [0.1, 0.15) is 12.4 Å². The van der Waals surface area contributed by atoms with Gasteiger partial charge in [-0.15, -0.1) is 0 Å². The number of nitrogens with one attached hydrogen (secondary N) is 2. The summed E-state index contributed by atoms with van der Waals surface area (Å²) in [5.74, 6) is 0.426. The van der Waals surface area contributed by atoms with Gasteiger partial charge in [-0.3, -0.25) is 0 Å². The first kappa shape index (κ1) is 11.7. The SMILES string of the molecule is CNCC1COc2ccc(C(=O)OC)cc2N1. The number of ether oxygens (including phenoxy) is 2. The molecule has 1 aliphatic heterocycles. The van der Waals surface area contributed by atoms with Crippen LogP contribution in [0.2, 0.25) is 0 Å². The van der Waals surface area contributed by atoms with Gasteiger partial charge in [-0.2, -0.15) is 0 Å². The maximum absolute atomic E-state index is 11.4. The number of carbonyl (C=O) groups is 1. The molecule has 0 bridgehead atoms. The summed E-state index contributed by atoms with van der Waals surface area (Å²) < 4.78 is 10.3.